The van der Waals surface area contributed by atoms with E-state index in [0.717, 1.165) is 5.56 Å². The number of likely N-dealkylation sites (tertiary alicyclic amines) is 1. The molecule has 27 heavy (non-hydrogen) atoms. The van der Waals surface area contributed by atoms with Crippen LogP contribution >= 0.6 is 0 Å². The molecule has 1 aliphatic heterocycles. The van der Waals surface area contributed by atoms with Gasteiger partial charge in [-0.1, -0.05) is 36.4 Å². The number of aromatic nitrogens is 1. The number of rotatable bonds is 6. The Labute approximate surface area is 159 Å². The number of aliphatic hydroxyl groups excluding tert-OH is 1. The molecule has 3 atom stereocenters. The molecule has 0 radical (unpaired) electrons. The van der Waals surface area contributed by atoms with E-state index >= 15 is 0 Å². The quantitative estimate of drug-likeness (QED) is 0.847. The molecule has 3 rings (SSSR count). The van der Waals surface area contributed by atoms with Crippen LogP contribution < -0.4 is 0 Å². The number of aliphatic hydroxyl groups is 1. The average molecular weight is 367 g/mol. The van der Waals surface area contributed by atoms with Gasteiger partial charge in [0.1, 0.15) is 5.69 Å². The minimum absolute atomic E-state index is 0.00863. The first-order valence-corrected chi connectivity index (χ1v) is 9.23. The van der Waals surface area contributed by atoms with Gasteiger partial charge in [0.2, 0.25) is 5.91 Å². The molecular weight excluding hydrogens is 342 g/mol. The summed E-state index contributed by atoms with van der Waals surface area (Å²) in [5.74, 6) is -0.251. The van der Waals surface area contributed by atoms with Gasteiger partial charge >= 0.3 is 0 Å². The van der Waals surface area contributed by atoms with E-state index in [0.29, 0.717) is 18.8 Å². The van der Waals surface area contributed by atoms with Gasteiger partial charge < -0.3 is 14.9 Å². The number of carbonyl (C=O) groups excluding carboxylic acids is 2. The smallest absolute Gasteiger partial charge is 0.272 e. The second-order valence-corrected chi connectivity index (χ2v) is 6.74. The maximum atomic E-state index is 12.8. The van der Waals surface area contributed by atoms with Crippen LogP contribution in [0.15, 0.2) is 54.7 Å². The summed E-state index contributed by atoms with van der Waals surface area (Å²) in [4.78, 5) is 32.6. The Kier molecular flexibility index (Phi) is 5.86. The van der Waals surface area contributed by atoms with Crippen LogP contribution in [-0.4, -0.2) is 63.5 Å². The number of amides is 2. The van der Waals surface area contributed by atoms with Crippen molar-refractivity contribution >= 4 is 11.8 Å². The Bertz CT molecular complexity index is 782. The SMILES string of the molecule is CCN(C[C@@H]1[C@H](c2ccccc2)[C@@H](CO)N1C(C)=O)C(=O)c1ccccn1. The van der Waals surface area contributed by atoms with Gasteiger partial charge in [0, 0.05) is 32.1 Å². The summed E-state index contributed by atoms with van der Waals surface area (Å²) in [6.45, 7) is 4.24. The van der Waals surface area contributed by atoms with Crippen molar-refractivity contribution in [1.29, 1.82) is 0 Å². The van der Waals surface area contributed by atoms with E-state index in [-0.39, 0.29) is 36.4 Å². The highest BCUT2D eigenvalue weighted by Gasteiger charge is 2.50. The van der Waals surface area contributed by atoms with E-state index in [1.165, 1.54) is 6.92 Å². The zero-order valence-corrected chi connectivity index (χ0v) is 15.7. The number of benzene rings is 1. The molecule has 0 aliphatic carbocycles. The largest absolute Gasteiger partial charge is 0.394 e. The van der Waals surface area contributed by atoms with Gasteiger partial charge in [-0.25, -0.2) is 0 Å². The molecule has 1 aromatic heterocycles. The molecule has 1 aromatic carbocycles. The molecule has 0 spiro atoms. The van der Waals surface area contributed by atoms with Gasteiger partial charge in [-0.15, -0.1) is 0 Å². The maximum absolute atomic E-state index is 12.8. The predicted molar refractivity (Wildman–Crippen MR) is 102 cm³/mol. The van der Waals surface area contributed by atoms with Crippen molar-refractivity contribution in [1.82, 2.24) is 14.8 Å². The molecule has 1 fully saturated rings. The van der Waals surface area contributed by atoms with Gasteiger partial charge in [0.15, 0.2) is 0 Å². The predicted octanol–water partition coefficient (Wildman–Crippen LogP) is 1.92. The van der Waals surface area contributed by atoms with Crippen molar-refractivity contribution in [2.75, 3.05) is 19.7 Å². The van der Waals surface area contributed by atoms with Crippen LogP contribution in [0.1, 0.15) is 35.8 Å². The monoisotopic (exact) mass is 367 g/mol. The van der Waals surface area contributed by atoms with Crippen LogP contribution in [0, 0.1) is 0 Å². The normalized spacial score (nSPS) is 21.4. The lowest BCUT2D eigenvalue weighted by atomic mass is 9.74. The Morgan fingerprint density at radius 2 is 1.81 bits per heavy atom. The third-order valence-corrected chi connectivity index (χ3v) is 5.24. The third kappa shape index (κ3) is 3.71. The highest BCUT2D eigenvalue weighted by atomic mass is 16.3. The molecule has 1 saturated heterocycles. The van der Waals surface area contributed by atoms with Crippen molar-refractivity contribution < 1.29 is 14.7 Å². The zero-order chi connectivity index (χ0) is 19.4. The van der Waals surface area contributed by atoms with E-state index in [2.05, 4.69) is 4.98 Å². The summed E-state index contributed by atoms with van der Waals surface area (Å²) >= 11 is 0. The Morgan fingerprint density at radius 3 is 2.37 bits per heavy atom. The standard InChI is InChI=1S/C21H25N3O3/c1-3-23(21(27)17-11-7-8-12-22-17)13-18-20(16-9-5-4-6-10-16)19(14-25)24(18)15(2)26/h4-12,18-20,25H,3,13-14H2,1-2H3/t18-,19-,20+/m1/s1. The molecule has 1 N–H and O–H groups in total. The first-order valence-electron chi connectivity index (χ1n) is 9.23. The fraction of sp³-hybridized carbons (Fsp3) is 0.381. The number of hydrogen-bond acceptors (Lipinski definition) is 4. The van der Waals surface area contributed by atoms with E-state index in [1.54, 1.807) is 34.2 Å². The molecule has 2 aromatic rings. The second-order valence-electron chi connectivity index (χ2n) is 6.74. The van der Waals surface area contributed by atoms with Crippen LogP contribution in [0.4, 0.5) is 0 Å². The van der Waals surface area contributed by atoms with Crippen LogP contribution in [-0.2, 0) is 4.79 Å². The van der Waals surface area contributed by atoms with Crippen LogP contribution in [0.3, 0.4) is 0 Å². The average Bonchev–Trinajstić information content (AvgIpc) is 2.68. The zero-order valence-electron chi connectivity index (χ0n) is 15.7. The van der Waals surface area contributed by atoms with Crippen molar-refractivity contribution in [2.45, 2.75) is 31.8 Å². The molecule has 0 unspecified atom stereocenters. The Hall–Kier alpha value is -2.73. The van der Waals surface area contributed by atoms with E-state index in [4.69, 9.17) is 0 Å². The molecule has 2 amide bonds. The minimum Gasteiger partial charge on any atom is -0.394 e. The number of pyridine rings is 1. The second kappa shape index (κ2) is 8.31. The van der Waals surface area contributed by atoms with Crippen LogP contribution in [0.5, 0.6) is 0 Å². The lowest BCUT2D eigenvalue weighted by Gasteiger charge is -2.55. The van der Waals surface area contributed by atoms with Crippen LogP contribution in [0.25, 0.3) is 0 Å². The van der Waals surface area contributed by atoms with Gasteiger partial charge in [-0.05, 0) is 24.6 Å². The van der Waals surface area contributed by atoms with Gasteiger partial charge in [-0.2, -0.15) is 0 Å². The fourth-order valence-corrected chi connectivity index (χ4v) is 3.97. The highest BCUT2D eigenvalue weighted by Crippen LogP contribution is 2.41. The topological polar surface area (TPSA) is 73.7 Å². The first-order chi connectivity index (χ1) is 13.1. The lowest BCUT2D eigenvalue weighted by molar-refractivity contribution is -0.149. The highest BCUT2D eigenvalue weighted by molar-refractivity contribution is 5.92. The minimum atomic E-state index is -0.265. The molecule has 1 aliphatic rings. The summed E-state index contributed by atoms with van der Waals surface area (Å²) in [5.41, 5.74) is 1.46. The number of nitrogens with zero attached hydrogens (tertiary/aromatic N) is 3. The summed E-state index contributed by atoms with van der Waals surface area (Å²) in [6, 6.07) is 14.7. The van der Waals surface area contributed by atoms with E-state index < -0.39 is 0 Å². The Morgan fingerprint density at radius 1 is 1.11 bits per heavy atom. The van der Waals surface area contributed by atoms with Gasteiger partial charge in [0.25, 0.3) is 5.91 Å². The molecule has 142 valence electrons. The number of carbonyl (C=O) groups is 2. The molecule has 2 heterocycles. The molecular formula is C21H25N3O3. The Balaban J connectivity index is 1.86. The molecule has 6 nitrogen and oxygen atoms in total. The van der Waals surface area contributed by atoms with Gasteiger partial charge in [0.05, 0.1) is 18.7 Å². The van der Waals surface area contributed by atoms with Crippen LogP contribution in [0.2, 0.25) is 0 Å². The summed E-state index contributed by atoms with van der Waals surface area (Å²) in [5, 5.41) is 9.85. The molecule has 0 saturated carbocycles. The third-order valence-electron chi connectivity index (χ3n) is 5.24. The van der Waals surface area contributed by atoms with Crippen molar-refractivity contribution in [2.24, 2.45) is 0 Å². The van der Waals surface area contributed by atoms with Crippen molar-refractivity contribution in [3.05, 3.63) is 66.0 Å². The number of hydrogen-bond donors (Lipinski definition) is 1. The van der Waals surface area contributed by atoms with Crippen molar-refractivity contribution in [3.63, 3.8) is 0 Å². The summed E-state index contributed by atoms with van der Waals surface area (Å²) < 4.78 is 0. The number of likely N-dealkylation sites (N-methyl/N-ethyl adjacent to an activating group) is 1. The van der Waals surface area contributed by atoms with E-state index in [1.807, 2.05) is 37.3 Å². The summed E-state index contributed by atoms with van der Waals surface area (Å²) in [6.07, 6.45) is 1.60. The molecule has 6 heteroatoms. The summed E-state index contributed by atoms with van der Waals surface area (Å²) in [7, 11) is 0. The van der Waals surface area contributed by atoms with Gasteiger partial charge in [-0.3, -0.25) is 14.6 Å². The fourth-order valence-electron chi connectivity index (χ4n) is 3.97. The molecule has 0 bridgehead atoms. The van der Waals surface area contributed by atoms with Crippen molar-refractivity contribution in [3.8, 4) is 0 Å². The lowest BCUT2D eigenvalue weighted by Crippen LogP contribution is -2.68. The maximum Gasteiger partial charge on any atom is 0.272 e. The first kappa shape index (κ1) is 19.0. The van der Waals surface area contributed by atoms with E-state index in [9.17, 15) is 14.7 Å².